The molecule has 0 saturated carbocycles. The predicted octanol–water partition coefficient (Wildman–Crippen LogP) is 4.70. The number of nitrogens with one attached hydrogen (secondary N) is 1. The predicted molar refractivity (Wildman–Crippen MR) is 127 cm³/mol. The maximum atomic E-state index is 13.0. The van der Waals surface area contributed by atoms with E-state index in [4.69, 9.17) is 16.3 Å². The third kappa shape index (κ3) is 6.94. The zero-order valence-corrected chi connectivity index (χ0v) is 19.7. The van der Waals surface area contributed by atoms with Gasteiger partial charge in [-0.1, -0.05) is 41.9 Å². The van der Waals surface area contributed by atoms with Crippen LogP contribution in [0.1, 0.15) is 24.1 Å². The number of hydrogen-bond donors (Lipinski definition) is 1. The zero-order valence-electron chi connectivity index (χ0n) is 18.2. The number of hydrogen-bond acceptors (Lipinski definition) is 4. The summed E-state index contributed by atoms with van der Waals surface area (Å²) < 4.78 is 44.5. The zero-order chi connectivity index (χ0) is 24.0. The highest BCUT2D eigenvalue weighted by Gasteiger charge is 2.19. The van der Waals surface area contributed by atoms with Crippen LogP contribution in [0.25, 0.3) is 0 Å². The number of carbonyl (C=O) groups is 1. The maximum Gasteiger partial charge on any atom is 0.258 e. The highest BCUT2D eigenvalue weighted by atomic mass is 35.5. The first-order valence-electron chi connectivity index (χ1n) is 10.1. The van der Waals surface area contributed by atoms with Crippen molar-refractivity contribution in [3.8, 4) is 5.75 Å². The maximum absolute atomic E-state index is 13.0. The molecule has 33 heavy (non-hydrogen) atoms. The fourth-order valence-corrected chi connectivity index (χ4v) is 4.23. The summed E-state index contributed by atoms with van der Waals surface area (Å²) >= 11 is 6.19. The van der Waals surface area contributed by atoms with Gasteiger partial charge in [0.25, 0.3) is 5.91 Å². The van der Waals surface area contributed by atoms with Crippen molar-refractivity contribution in [2.45, 2.75) is 19.5 Å². The molecule has 0 aliphatic carbocycles. The topological polar surface area (TPSA) is 75.7 Å². The van der Waals surface area contributed by atoms with Crippen molar-refractivity contribution in [1.29, 1.82) is 0 Å². The highest BCUT2D eigenvalue weighted by Crippen LogP contribution is 2.26. The van der Waals surface area contributed by atoms with E-state index in [1.54, 1.807) is 67.6 Å². The molecule has 0 unspecified atom stereocenters. The molecular formula is C24H24ClFN2O4S. The Kier molecular flexibility index (Phi) is 7.94. The van der Waals surface area contributed by atoms with Crippen molar-refractivity contribution < 1.29 is 22.3 Å². The molecule has 0 saturated heterocycles. The summed E-state index contributed by atoms with van der Waals surface area (Å²) in [5, 5.41) is 3.26. The molecule has 3 rings (SSSR count). The average molecular weight is 491 g/mol. The van der Waals surface area contributed by atoms with Crippen molar-refractivity contribution in [1.82, 2.24) is 5.32 Å². The lowest BCUT2D eigenvalue weighted by Crippen LogP contribution is -2.31. The largest absolute Gasteiger partial charge is 0.484 e. The molecule has 0 aliphatic rings. The van der Waals surface area contributed by atoms with Gasteiger partial charge in [0.2, 0.25) is 10.0 Å². The molecule has 0 aliphatic heterocycles. The van der Waals surface area contributed by atoms with Gasteiger partial charge >= 0.3 is 0 Å². The van der Waals surface area contributed by atoms with Crippen LogP contribution < -0.4 is 14.4 Å². The number of anilines is 1. The minimum atomic E-state index is -3.57. The molecule has 0 spiro atoms. The molecule has 1 N–H and O–H groups in total. The first-order chi connectivity index (χ1) is 15.6. The van der Waals surface area contributed by atoms with Crippen LogP contribution in [0, 0.1) is 5.82 Å². The van der Waals surface area contributed by atoms with E-state index in [0.717, 1.165) is 11.8 Å². The summed E-state index contributed by atoms with van der Waals surface area (Å²) in [5.74, 6) is -0.271. The minimum Gasteiger partial charge on any atom is -0.484 e. The Morgan fingerprint density at radius 3 is 2.30 bits per heavy atom. The average Bonchev–Trinajstić information content (AvgIpc) is 2.77. The van der Waals surface area contributed by atoms with E-state index < -0.39 is 10.0 Å². The molecule has 0 radical (unpaired) electrons. The molecule has 0 bridgehead atoms. The first kappa shape index (κ1) is 24.5. The van der Waals surface area contributed by atoms with E-state index in [2.05, 4.69) is 5.32 Å². The second kappa shape index (κ2) is 10.7. The molecular weight excluding hydrogens is 467 g/mol. The van der Waals surface area contributed by atoms with Crippen LogP contribution in [-0.2, 0) is 21.4 Å². The van der Waals surface area contributed by atoms with Gasteiger partial charge in [-0.25, -0.2) is 12.8 Å². The van der Waals surface area contributed by atoms with Crippen LogP contribution in [-0.4, -0.2) is 27.2 Å². The van der Waals surface area contributed by atoms with Crippen LogP contribution in [0.4, 0.5) is 10.1 Å². The number of nitrogens with zero attached hydrogens (tertiary/aromatic N) is 1. The van der Waals surface area contributed by atoms with Crippen molar-refractivity contribution in [3.63, 3.8) is 0 Å². The summed E-state index contributed by atoms with van der Waals surface area (Å²) in [4.78, 5) is 12.2. The van der Waals surface area contributed by atoms with Gasteiger partial charge < -0.3 is 10.1 Å². The Morgan fingerprint density at radius 1 is 1.06 bits per heavy atom. The van der Waals surface area contributed by atoms with Gasteiger partial charge in [-0.15, -0.1) is 0 Å². The lowest BCUT2D eigenvalue weighted by atomic mass is 10.1. The Morgan fingerprint density at radius 2 is 1.70 bits per heavy atom. The summed E-state index contributed by atoms with van der Waals surface area (Å²) in [6.07, 6.45) is 1.13. The van der Waals surface area contributed by atoms with Gasteiger partial charge in [0, 0.05) is 5.02 Å². The number of rotatable bonds is 9. The number of carbonyl (C=O) groups excluding carboxylic acids is 1. The monoisotopic (exact) mass is 490 g/mol. The summed E-state index contributed by atoms with van der Waals surface area (Å²) in [7, 11) is -3.57. The van der Waals surface area contributed by atoms with Crippen LogP contribution in [0.15, 0.2) is 72.8 Å². The van der Waals surface area contributed by atoms with E-state index >= 15 is 0 Å². The van der Waals surface area contributed by atoms with Gasteiger partial charge in [-0.3, -0.25) is 9.10 Å². The van der Waals surface area contributed by atoms with Crippen molar-refractivity contribution in [3.05, 3.63) is 94.8 Å². The van der Waals surface area contributed by atoms with Gasteiger partial charge in [-0.05, 0) is 60.5 Å². The summed E-state index contributed by atoms with van der Waals surface area (Å²) in [5.41, 5.74) is 1.89. The lowest BCUT2D eigenvalue weighted by molar-refractivity contribution is -0.123. The Bertz CT molecular complexity index is 1200. The van der Waals surface area contributed by atoms with E-state index in [-0.39, 0.29) is 30.9 Å². The molecule has 0 aromatic heterocycles. The van der Waals surface area contributed by atoms with Gasteiger partial charge in [-0.2, -0.15) is 0 Å². The van der Waals surface area contributed by atoms with E-state index in [9.17, 15) is 17.6 Å². The van der Waals surface area contributed by atoms with E-state index in [1.807, 2.05) is 0 Å². The minimum absolute atomic E-state index is 0.0857. The smallest absolute Gasteiger partial charge is 0.258 e. The standard InChI is InChI=1S/C24H24ClFN2O4S/c1-17(18-7-9-20(26)10-8-18)27-24(29)16-32-22-13-11-21(12-14-22)28(33(2,30)31)15-19-5-3-4-6-23(19)25/h3-14,17H,15-16H2,1-2H3,(H,27,29)/t17-/m1/s1. The second-order valence-corrected chi connectivity index (χ2v) is 9.80. The molecule has 0 heterocycles. The molecule has 6 nitrogen and oxygen atoms in total. The molecule has 0 fully saturated rings. The SMILES string of the molecule is C[C@@H](NC(=O)COc1ccc(N(Cc2ccccc2Cl)S(C)(=O)=O)cc1)c1ccc(F)cc1. The van der Waals surface area contributed by atoms with Crippen molar-refractivity contribution in [2.24, 2.45) is 0 Å². The first-order valence-corrected chi connectivity index (χ1v) is 12.3. The summed E-state index contributed by atoms with van der Waals surface area (Å²) in [6.45, 7) is 1.65. The molecule has 174 valence electrons. The quantitative estimate of drug-likeness (QED) is 0.471. The Hall–Kier alpha value is -3.10. The van der Waals surface area contributed by atoms with Crippen LogP contribution in [0.2, 0.25) is 5.02 Å². The van der Waals surface area contributed by atoms with Gasteiger partial charge in [0.1, 0.15) is 11.6 Å². The number of halogens is 2. The van der Waals surface area contributed by atoms with E-state index in [0.29, 0.717) is 22.0 Å². The van der Waals surface area contributed by atoms with Crippen LogP contribution >= 0.6 is 11.6 Å². The number of ether oxygens (including phenoxy) is 1. The number of amides is 1. The van der Waals surface area contributed by atoms with Crippen LogP contribution in [0.3, 0.4) is 0 Å². The molecule has 3 aromatic carbocycles. The van der Waals surface area contributed by atoms with Crippen molar-refractivity contribution >= 4 is 33.2 Å². The number of benzene rings is 3. The Balaban J connectivity index is 1.61. The lowest BCUT2D eigenvalue weighted by Gasteiger charge is -2.23. The van der Waals surface area contributed by atoms with Crippen molar-refractivity contribution in [2.75, 3.05) is 17.2 Å². The molecule has 3 aromatic rings. The Labute approximate surface area is 198 Å². The fraction of sp³-hybridized carbons (Fsp3) is 0.208. The number of sulfonamides is 1. The molecule has 9 heteroatoms. The highest BCUT2D eigenvalue weighted by molar-refractivity contribution is 7.92. The third-order valence-corrected chi connectivity index (χ3v) is 6.42. The molecule has 1 amide bonds. The fourth-order valence-electron chi connectivity index (χ4n) is 3.16. The van der Waals surface area contributed by atoms with E-state index in [1.165, 1.54) is 16.4 Å². The second-order valence-electron chi connectivity index (χ2n) is 7.48. The summed E-state index contributed by atoms with van der Waals surface area (Å²) in [6, 6.07) is 19.0. The van der Waals surface area contributed by atoms with Gasteiger partial charge in [0.15, 0.2) is 6.61 Å². The van der Waals surface area contributed by atoms with Crippen LogP contribution in [0.5, 0.6) is 5.75 Å². The molecule has 1 atom stereocenters. The third-order valence-electron chi connectivity index (χ3n) is 4.91. The van der Waals surface area contributed by atoms with Gasteiger partial charge in [0.05, 0.1) is 24.5 Å². The normalized spacial score (nSPS) is 12.1.